The van der Waals surface area contributed by atoms with E-state index in [0.29, 0.717) is 38.5 Å². The number of carbonyl (C=O) groups is 2. The monoisotopic (exact) mass is 476 g/mol. The van der Waals surface area contributed by atoms with Gasteiger partial charge in [-0.1, -0.05) is 12.1 Å². The fraction of sp³-hybridized carbons (Fsp3) is 0.667. The Morgan fingerprint density at radius 2 is 1.70 bits per heavy atom. The van der Waals surface area contributed by atoms with Gasteiger partial charge in [-0.3, -0.25) is 19.4 Å². The van der Waals surface area contributed by atoms with Gasteiger partial charge in [0.2, 0.25) is 11.8 Å². The van der Waals surface area contributed by atoms with E-state index in [1.807, 2.05) is 36.9 Å². The van der Waals surface area contributed by atoms with Crippen molar-refractivity contribution in [2.75, 3.05) is 62.6 Å². The van der Waals surface area contributed by atoms with Crippen LogP contribution in [0.25, 0.3) is 0 Å². The number of hydrogen-bond acceptors (Lipinski definition) is 6. The van der Waals surface area contributed by atoms with Gasteiger partial charge in [0.05, 0.1) is 18.1 Å². The van der Waals surface area contributed by atoms with E-state index < -0.39 is 9.84 Å². The SMILES string of the molecule is Cc1cccc(NC(=O)CN2CCN(C(=O)C3CCN([C@@H]4CCS(=O)(=O)C4)CC3)CC2)c1C. The van der Waals surface area contributed by atoms with E-state index >= 15 is 0 Å². The number of likely N-dealkylation sites (tertiary alicyclic amines) is 1. The molecule has 0 bridgehead atoms. The van der Waals surface area contributed by atoms with Crippen LogP contribution in [0.1, 0.15) is 30.4 Å². The summed E-state index contributed by atoms with van der Waals surface area (Å²) < 4.78 is 23.5. The molecule has 1 N–H and O–H groups in total. The maximum absolute atomic E-state index is 13.0. The number of anilines is 1. The fourth-order valence-electron chi connectivity index (χ4n) is 5.24. The van der Waals surface area contributed by atoms with Crippen molar-refractivity contribution in [2.24, 2.45) is 5.92 Å². The molecule has 1 aromatic carbocycles. The molecule has 3 aliphatic rings. The molecule has 0 unspecified atom stereocenters. The van der Waals surface area contributed by atoms with Crippen LogP contribution in [0.5, 0.6) is 0 Å². The number of carbonyl (C=O) groups excluding carboxylic acids is 2. The first kappa shape index (κ1) is 24.2. The number of hydrogen-bond donors (Lipinski definition) is 1. The summed E-state index contributed by atoms with van der Waals surface area (Å²) in [5, 5.41) is 3.01. The normalized spacial score (nSPS) is 24.7. The molecular weight excluding hydrogens is 440 g/mol. The third-order valence-corrected chi connectivity index (χ3v) is 9.28. The van der Waals surface area contributed by atoms with Gasteiger partial charge < -0.3 is 10.2 Å². The van der Waals surface area contributed by atoms with Gasteiger partial charge in [-0.15, -0.1) is 0 Å². The topological polar surface area (TPSA) is 90.0 Å². The first-order valence-electron chi connectivity index (χ1n) is 12.0. The van der Waals surface area contributed by atoms with E-state index in [-0.39, 0.29) is 29.5 Å². The molecule has 1 aromatic rings. The molecule has 8 nitrogen and oxygen atoms in total. The number of nitrogens with zero attached hydrogens (tertiary/aromatic N) is 3. The van der Waals surface area contributed by atoms with Crippen molar-refractivity contribution in [2.45, 2.75) is 39.2 Å². The lowest BCUT2D eigenvalue weighted by atomic mass is 9.94. The molecule has 2 amide bonds. The van der Waals surface area contributed by atoms with Crippen LogP contribution in [0.4, 0.5) is 5.69 Å². The van der Waals surface area contributed by atoms with Gasteiger partial charge in [0, 0.05) is 43.8 Å². The summed E-state index contributed by atoms with van der Waals surface area (Å²) in [5.74, 6) is 0.782. The van der Waals surface area contributed by atoms with Crippen molar-refractivity contribution in [3.8, 4) is 0 Å². The number of benzene rings is 1. The maximum Gasteiger partial charge on any atom is 0.238 e. The first-order chi connectivity index (χ1) is 15.7. The Morgan fingerprint density at radius 3 is 2.33 bits per heavy atom. The van der Waals surface area contributed by atoms with Crippen molar-refractivity contribution in [3.05, 3.63) is 29.3 Å². The van der Waals surface area contributed by atoms with Crippen molar-refractivity contribution >= 4 is 27.3 Å². The van der Waals surface area contributed by atoms with E-state index in [9.17, 15) is 18.0 Å². The Morgan fingerprint density at radius 1 is 1.00 bits per heavy atom. The fourth-order valence-corrected chi connectivity index (χ4v) is 7.00. The third-order valence-electron chi connectivity index (χ3n) is 7.53. The van der Waals surface area contributed by atoms with Crippen molar-refractivity contribution < 1.29 is 18.0 Å². The lowest BCUT2D eigenvalue weighted by molar-refractivity contribution is -0.139. The molecule has 3 aliphatic heterocycles. The van der Waals surface area contributed by atoms with Gasteiger partial charge >= 0.3 is 0 Å². The number of amides is 2. The second-order valence-corrected chi connectivity index (χ2v) is 12.0. The molecule has 3 heterocycles. The number of piperazine rings is 1. The first-order valence-corrected chi connectivity index (χ1v) is 13.9. The van der Waals surface area contributed by atoms with Gasteiger partial charge in [-0.2, -0.15) is 0 Å². The number of sulfone groups is 1. The average Bonchev–Trinajstić information content (AvgIpc) is 3.17. The molecule has 0 aromatic heterocycles. The smallest absolute Gasteiger partial charge is 0.238 e. The van der Waals surface area contributed by atoms with Gasteiger partial charge in [0.1, 0.15) is 0 Å². The molecule has 0 saturated carbocycles. The zero-order valence-electron chi connectivity index (χ0n) is 19.8. The molecule has 0 radical (unpaired) electrons. The summed E-state index contributed by atoms with van der Waals surface area (Å²) in [6.45, 7) is 8.67. The number of piperidine rings is 1. The van der Waals surface area contributed by atoms with Crippen molar-refractivity contribution in [3.63, 3.8) is 0 Å². The summed E-state index contributed by atoms with van der Waals surface area (Å²) in [4.78, 5) is 31.9. The van der Waals surface area contributed by atoms with Crippen molar-refractivity contribution in [1.82, 2.24) is 14.7 Å². The zero-order valence-corrected chi connectivity index (χ0v) is 20.6. The quantitative estimate of drug-likeness (QED) is 0.689. The lowest BCUT2D eigenvalue weighted by Crippen LogP contribution is -2.53. The molecule has 4 rings (SSSR count). The maximum atomic E-state index is 13.0. The van der Waals surface area contributed by atoms with Crippen LogP contribution < -0.4 is 5.32 Å². The highest BCUT2D eigenvalue weighted by molar-refractivity contribution is 7.91. The molecular formula is C24H36N4O4S. The summed E-state index contributed by atoms with van der Waals surface area (Å²) >= 11 is 0. The van der Waals surface area contributed by atoms with E-state index in [2.05, 4.69) is 15.1 Å². The number of aryl methyl sites for hydroxylation is 1. The van der Waals surface area contributed by atoms with E-state index in [0.717, 1.165) is 49.2 Å². The lowest BCUT2D eigenvalue weighted by Gasteiger charge is -2.39. The standard InChI is InChI=1S/C24H36N4O4S/c1-18-4-3-5-22(19(18)2)25-23(29)16-26-11-13-28(14-12-26)24(30)20-6-9-27(10-7-20)21-8-15-33(31,32)17-21/h3-5,20-21H,6-17H2,1-2H3,(H,25,29)/t21-/m1/s1. The third kappa shape index (κ3) is 5.94. The van der Waals surface area contributed by atoms with Crippen LogP contribution in [0.2, 0.25) is 0 Å². The predicted molar refractivity (Wildman–Crippen MR) is 129 cm³/mol. The number of nitrogens with one attached hydrogen (secondary N) is 1. The second kappa shape index (κ2) is 10.1. The minimum absolute atomic E-state index is 0.0234. The summed E-state index contributed by atoms with van der Waals surface area (Å²) in [7, 11) is -2.88. The van der Waals surface area contributed by atoms with Gasteiger partial charge in [-0.25, -0.2) is 8.42 Å². The van der Waals surface area contributed by atoms with E-state index in [1.54, 1.807) is 0 Å². The largest absolute Gasteiger partial charge is 0.340 e. The van der Waals surface area contributed by atoms with Crippen LogP contribution in [-0.4, -0.2) is 98.3 Å². The molecule has 0 spiro atoms. The molecule has 3 saturated heterocycles. The highest BCUT2D eigenvalue weighted by Gasteiger charge is 2.36. The Labute approximate surface area is 197 Å². The van der Waals surface area contributed by atoms with Gasteiger partial charge in [-0.05, 0) is 63.4 Å². The van der Waals surface area contributed by atoms with Gasteiger partial charge in [0.25, 0.3) is 0 Å². The minimum atomic E-state index is -2.88. The zero-order chi connectivity index (χ0) is 23.6. The Kier molecular flexibility index (Phi) is 7.40. The molecule has 9 heteroatoms. The molecule has 0 aliphatic carbocycles. The van der Waals surface area contributed by atoms with Crippen LogP contribution >= 0.6 is 0 Å². The van der Waals surface area contributed by atoms with Gasteiger partial charge in [0.15, 0.2) is 9.84 Å². The van der Waals surface area contributed by atoms with Crippen LogP contribution in [0.15, 0.2) is 18.2 Å². The summed E-state index contributed by atoms with van der Waals surface area (Å²) in [5.41, 5.74) is 3.09. The average molecular weight is 477 g/mol. The molecule has 3 fully saturated rings. The predicted octanol–water partition coefficient (Wildman–Crippen LogP) is 1.29. The Bertz CT molecular complexity index is 980. The molecule has 182 valence electrons. The van der Waals surface area contributed by atoms with E-state index in [4.69, 9.17) is 0 Å². The summed E-state index contributed by atoms with van der Waals surface area (Å²) in [6.07, 6.45) is 2.32. The van der Waals surface area contributed by atoms with Crippen molar-refractivity contribution in [1.29, 1.82) is 0 Å². The Balaban J connectivity index is 1.19. The second-order valence-electron chi connectivity index (χ2n) is 9.76. The minimum Gasteiger partial charge on any atom is -0.340 e. The highest BCUT2D eigenvalue weighted by Crippen LogP contribution is 2.26. The molecule has 1 atom stereocenters. The van der Waals surface area contributed by atoms with Crippen LogP contribution in [0.3, 0.4) is 0 Å². The Hall–Kier alpha value is -1.97. The molecule has 33 heavy (non-hydrogen) atoms. The highest BCUT2D eigenvalue weighted by atomic mass is 32.2. The summed E-state index contributed by atoms with van der Waals surface area (Å²) in [6, 6.07) is 6.03. The van der Waals surface area contributed by atoms with Crippen LogP contribution in [-0.2, 0) is 19.4 Å². The van der Waals surface area contributed by atoms with E-state index in [1.165, 1.54) is 0 Å². The van der Waals surface area contributed by atoms with Crippen LogP contribution in [0, 0.1) is 19.8 Å². The number of rotatable bonds is 5.